The van der Waals surface area contributed by atoms with E-state index in [0.29, 0.717) is 6.04 Å². The van der Waals surface area contributed by atoms with Crippen molar-refractivity contribution in [2.75, 3.05) is 0 Å². The van der Waals surface area contributed by atoms with E-state index in [2.05, 4.69) is 5.10 Å². The fourth-order valence-corrected chi connectivity index (χ4v) is 1.97. The maximum atomic E-state index is 10.3. The first-order valence-corrected chi connectivity index (χ1v) is 5.21. The average Bonchev–Trinajstić information content (AvgIpc) is 2.85. The Balaban J connectivity index is 2.06. The normalized spacial score (nSPS) is 17.6. The molecule has 1 saturated carbocycles. The molecule has 0 spiro atoms. The van der Waals surface area contributed by atoms with Crippen LogP contribution >= 0.6 is 0 Å². The summed E-state index contributed by atoms with van der Waals surface area (Å²) in [6.07, 6.45) is 11.2. The lowest BCUT2D eigenvalue weighted by Crippen LogP contribution is -2.04. The highest BCUT2D eigenvalue weighted by Gasteiger charge is 2.16. The van der Waals surface area contributed by atoms with Crippen LogP contribution in [0.4, 0.5) is 0 Å². The quantitative estimate of drug-likeness (QED) is 0.770. The Hall–Kier alpha value is -1.58. The zero-order valence-corrected chi connectivity index (χ0v) is 8.47. The first kappa shape index (κ1) is 9.96. The largest absolute Gasteiger partial charge is 0.478 e. The zero-order valence-electron chi connectivity index (χ0n) is 8.47. The molecule has 1 aliphatic carbocycles. The third-order valence-corrected chi connectivity index (χ3v) is 2.74. The van der Waals surface area contributed by atoms with Crippen LogP contribution in [0.25, 0.3) is 6.08 Å². The third-order valence-electron chi connectivity index (χ3n) is 2.74. The molecule has 0 aromatic carbocycles. The summed E-state index contributed by atoms with van der Waals surface area (Å²) in [6.45, 7) is 0. The van der Waals surface area contributed by atoms with E-state index >= 15 is 0 Å². The van der Waals surface area contributed by atoms with E-state index in [4.69, 9.17) is 5.11 Å². The van der Waals surface area contributed by atoms with Gasteiger partial charge in [0, 0.05) is 17.8 Å². The van der Waals surface area contributed by atoms with Crippen molar-refractivity contribution in [2.45, 2.75) is 31.7 Å². The second-order valence-corrected chi connectivity index (χ2v) is 3.86. The minimum Gasteiger partial charge on any atom is -0.478 e. The van der Waals surface area contributed by atoms with E-state index in [1.165, 1.54) is 25.7 Å². The fraction of sp³-hybridized carbons (Fsp3) is 0.455. The molecule has 0 aliphatic heterocycles. The predicted molar refractivity (Wildman–Crippen MR) is 56.4 cm³/mol. The van der Waals surface area contributed by atoms with Crippen molar-refractivity contribution in [2.24, 2.45) is 0 Å². The molecule has 1 aromatic heterocycles. The molecule has 0 atom stereocenters. The van der Waals surface area contributed by atoms with Gasteiger partial charge in [-0.3, -0.25) is 4.68 Å². The van der Waals surface area contributed by atoms with Crippen LogP contribution in [0.3, 0.4) is 0 Å². The number of nitrogens with zero attached hydrogens (tertiary/aromatic N) is 2. The summed E-state index contributed by atoms with van der Waals surface area (Å²) < 4.78 is 1.95. The number of carbonyl (C=O) groups is 1. The highest BCUT2D eigenvalue weighted by molar-refractivity contribution is 5.85. The third kappa shape index (κ3) is 2.46. The van der Waals surface area contributed by atoms with E-state index < -0.39 is 5.97 Å². The molecule has 80 valence electrons. The lowest BCUT2D eigenvalue weighted by molar-refractivity contribution is -0.131. The average molecular weight is 206 g/mol. The van der Waals surface area contributed by atoms with Gasteiger partial charge in [0.05, 0.1) is 12.2 Å². The van der Waals surface area contributed by atoms with Crippen molar-refractivity contribution < 1.29 is 9.90 Å². The molecule has 0 bridgehead atoms. The summed E-state index contributed by atoms with van der Waals surface area (Å²) in [4.78, 5) is 10.3. The molecule has 4 nitrogen and oxygen atoms in total. The molecule has 0 amide bonds. The van der Waals surface area contributed by atoms with E-state index in [0.717, 1.165) is 11.6 Å². The number of aliphatic carboxylic acids is 1. The molecule has 15 heavy (non-hydrogen) atoms. The minimum atomic E-state index is -0.927. The van der Waals surface area contributed by atoms with Gasteiger partial charge >= 0.3 is 5.97 Å². The number of rotatable bonds is 3. The maximum absolute atomic E-state index is 10.3. The van der Waals surface area contributed by atoms with Gasteiger partial charge in [0.2, 0.25) is 0 Å². The van der Waals surface area contributed by atoms with Gasteiger partial charge in [-0.25, -0.2) is 4.79 Å². The molecule has 1 aromatic rings. The van der Waals surface area contributed by atoms with Crippen molar-refractivity contribution in [3.8, 4) is 0 Å². The molecular formula is C11H14N2O2. The van der Waals surface area contributed by atoms with Gasteiger partial charge < -0.3 is 5.11 Å². The Morgan fingerprint density at radius 2 is 2.27 bits per heavy atom. The molecule has 1 aliphatic rings. The van der Waals surface area contributed by atoms with Gasteiger partial charge in [-0.1, -0.05) is 12.8 Å². The summed E-state index contributed by atoms with van der Waals surface area (Å²) in [5.74, 6) is -0.927. The Morgan fingerprint density at radius 1 is 1.53 bits per heavy atom. The van der Waals surface area contributed by atoms with Crippen molar-refractivity contribution in [1.29, 1.82) is 0 Å². The van der Waals surface area contributed by atoms with E-state index in [9.17, 15) is 4.79 Å². The number of hydrogen-bond acceptors (Lipinski definition) is 2. The monoisotopic (exact) mass is 206 g/mol. The Morgan fingerprint density at radius 3 is 2.93 bits per heavy atom. The van der Waals surface area contributed by atoms with Crippen LogP contribution in [0, 0.1) is 0 Å². The molecule has 4 heteroatoms. The maximum Gasteiger partial charge on any atom is 0.328 e. The second kappa shape index (κ2) is 4.29. The van der Waals surface area contributed by atoms with Gasteiger partial charge in [-0.2, -0.15) is 5.10 Å². The second-order valence-electron chi connectivity index (χ2n) is 3.86. The summed E-state index contributed by atoms with van der Waals surface area (Å²) in [6, 6.07) is 0.511. The summed E-state index contributed by atoms with van der Waals surface area (Å²) in [5.41, 5.74) is 0.851. The van der Waals surface area contributed by atoms with Crippen molar-refractivity contribution in [1.82, 2.24) is 9.78 Å². The Bertz CT molecular complexity index is 376. The molecule has 0 radical (unpaired) electrons. The van der Waals surface area contributed by atoms with Crippen molar-refractivity contribution in [3.63, 3.8) is 0 Å². The molecular weight excluding hydrogens is 192 g/mol. The highest BCUT2D eigenvalue weighted by Crippen LogP contribution is 2.28. The zero-order chi connectivity index (χ0) is 10.7. The predicted octanol–water partition coefficient (Wildman–Crippen LogP) is 2.10. The van der Waals surface area contributed by atoms with E-state index in [-0.39, 0.29) is 0 Å². The standard InChI is InChI=1S/C11H14N2O2/c14-11(15)6-5-9-7-12-13(8-9)10-3-1-2-4-10/h5-8,10H,1-4H2,(H,14,15)/b6-5+. The van der Waals surface area contributed by atoms with Crippen LogP contribution in [-0.2, 0) is 4.79 Å². The summed E-state index contributed by atoms with van der Waals surface area (Å²) in [7, 11) is 0. The van der Waals surface area contributed by atoms with Crippen LogP contribution in [0.5, 0.6) is 0 Å². The van der Waals surface area contributed by atoms with Gasteiger partial charge in [0.25, 0.3) is 0 Å². The molecule has 0 unspecified atom stereocenters. The van der Waals surface area contributed by atoms with Crippen LogP contribution in [0.1, 0.15) is 37.3 Å². The number of carboxylic acids is 1. The number of carboxylic acid groups (broad SMARTS) is 1. The topological polar surface area (TPSA) is 55.1 Å². The first-order chi connectivity index (χ1) is 7.25. The van der Waals surface area contributed by atoms with Crippen molar-refractivity contribution >= 4 is 12.0 Å². The lowest BCUT2D eigenvalue weighted by Gasteiger charge is -2.07. The van der Waals surface area contributed by atoms with Crippen LogP contribution in [0.15, 0.2) is 18.5 Å². The number of hydrogen-bond donors (Lipinski definition) is 1. The SMILES string of the molecule is O=C(O)/C=C/c1cnn(C2CCCC2)c1. The van der Waals surface area contributed by atoms with Gasteiger partial charge in [0.1, 0.15) is 0 Å². The summed E-state index contributed by atoms with van der Waals surface area (Å²) >= 11 is 0. The van der Waals surface area contributed by atoms with Crippen LogP contribution < -0.4 is 0 Å². The molecule has 2 rings (SSSR count). The molecule has 1 N–H and O–H groups in total. The molecule has 1 heterocycles. The molecule has 0 saturated heterocycles. The fourth-order valence-electron chi connectivity index (χ4n) is 1.97. The Kier molecular flexibility index (Phi) is 2.85. The van der Waals surface area contributed by atoms with Crippen LogP contribution in [0.2, 0.25) is 0 Å². The molecule has 1 fully saturated rings. The van der Waals surface area contributed by atoms with Gasteiger partial charge in [-0.05, 0) is 18.9 Å². The minimum absolute atomic E-state index is 0.511. The summed E-state index contributed by atoms with van der Waals surface area (Å²) in [5, 5.41) is 12.7. The van der Waals surface area contributed by atoms with Crippen LogP contribution in [-0.4, -0.2) is 20.9 Å². The van der Waals surface area contributed by atoms with E-state index in [1.807, 2.05) is 10.9 Å². The number of aromatic nitrogens is 2. The van der Waals surface area contributed by atoms with E-state index in [1.54, 1.807) is 12.3 Å². The van der Waals surface area contributed by atoms with Gasteiger partial charge in [0.15, 0.2) is 0 Å². The highest BCUT2D eigenvalue weighted by atomic mass is 16.4. The Labute approximate surface area is 88.2 Å². The smallest absolute Gasteiger partial charge is 0.328 e. The lowest BCUT2D eigenvalue weighted by atomic mass is 10.2. The van der Waals surface area contributed by atoms with Gasteiger partial charge in [-0.15, -0.1) is 0 Å². The first-order valence-electron chi connectivity index (χ1n) is 5.21. The van der Waals surface area contributed by atoms with Crippen molar-refractivity contribution in [3.05, 3.63) is 24.0 Å².